The van der Waals surface area contributed by atoms with Crippen LogP contribution in [0.3, 0.4) is 0 Å². The molecule has 0 fully saturated rings. The molecule has 1 aromatic rings. The molecule has 1 N–H and O–H groups in total. The summed E-state index contributed by atoms with van der Waals surface area (Å²) in [7, 11) is 1.24. The van der Waals surface area contributed by atoms with E-state index in [0.29, 0.717) is 10.6 Å². The number of hydrogen-bond acceptors (Lipinski definition) is 3. The number of benzene rings is 1. The first-order chi connectivity index (χ1) is 7.56. The Hall–Kier alpha value is -1.55. The lowest BCUT2D eigenvalue weighted by molar-refractivity contribution is -0.119. The molecule has 5 heteroatoms. The van der Waals surface area contributed by atoms with Gasteiger partial charge in [0.15, 0.2) is 5.78 Å². The van der Waals surface area contributed by atoms with E-state index >= 15 is 0 Å². The third-order valence-corrected chi connectivity index (χ3v) is 2.41. The van der Waals surface area contributed by atoms with E-state index in [1.165, 1.54) is 14.0 Å². The molecule has 16 heavy (non-hydrogen) atoms. The number of methoxy groups -OCH3 is 1. The lowest BCUT2D eigenvalue weighted by atomic mass is 10.0. The number of carbonyl (C=O) groups is 2. The van der Waals surface area contributed by atoms with Gasteiger partial charge in [-0.1, -0.05) is 29.8 Å². The van der Waals surface area contributed by atoms with Crippen LogP contribution in [0.4, 0.5) is 4.79 Å². The van der Waals surface area contributed by atoms with E-state index in [9.17, 15) is 9.59 Å². The molecular weight excluding hydrogens is 230 g/mol. The molecule has 0 radical (unpaired) electrons. The summed E-state index contributed by atoms with van der Waals surface area (Å²) in [5, 5.41) is 2.86. The van der Waals surface area contributed by atoms with E-state index in [1.54, 1.807) is 24.3 Å². The van der Waals surface area contributed by atoms with Crippen molar-refractivity contribution < 1.29 is 14.3 Å². The Balaban J connectivity index is 2.99. The highest BCUT2D eigenvalue weighted by Crippen LogP contribution is 2.23. The average Bonchev–Trinajstić information content (AvgIpc) is 2.26. The molecule has 0 aliphatic heterocycles. The van der Waals surface area contributed by atoms with Crippen LogP contribution >= 0.6 is 11.6 Å². The van der Waals surface area contributed by atoms with Gasteiger partial charge in [-0.3, -0.25) is 4.79 Å². The molecular formula is C11H12ClNO3. The van der Waals surface area contributed by atoms with Crippen LogP contribution in [-0.2, 0) is 9.53 Å². The summed E-state index contributed by atoms with van der Waals surface area (Å²) in [5.74, 6) is -0.210. The van der Waals surface area contributed by atoms with Crippen molar-refractivity contribution in [1.29, 1.82) is 0 Å². The van der Waals surface area contributed by atoms with E-state index < -0.39 is 12.1 Å². The number of nitrogens with one attached hydrogen (secondary N) is 1. The highest BCUT2D eigenvalue weighted by atomic mass is 35.5. The Bertz CT molecular complexity index is 406. The molecule has 1 aromatic carbocycles. The van der Waals surface area contributed by atoms with Crippen molar-refractivity contribution in [2.45, 2.75) is 13.0 Å². The maximum Gasteiger partial charge on any atom is 0.407 e. The van der Waals surface area contributed by atoms with Crippen LogP contribution in [0.15, 0.2) is 24.3 Å². The molecule has 1 rings (SSSR count). The van der Waals surface area contributed by atoms with E-state index in [-0.39, 0.29) is 5.78 Å². The lowest BCUT2D eigenvalue weighted by Gasteiger charge is -2.16. The van der Waals surface area contributed by atoms with Crippen molar-refractivity contribution >= 4 is 23.5 Å². The Morgan fingerprint density at radius 3 is 2.50 bits per heavy atom. The summed E-state index contributed by atoms with van der Waals surface area (Å²) >= 11 is 5.95. The SMILES string of the molecule is COC(=O)N[C@@H](C(C)=O)c1ccccc1Cl. The fraction of sp³-hybridized carbons (Fsp3) is 0.273. The van der Waals surface area contributed by atoms with Crippen molar-refractivity contribution in [3.63, 3.8) is 0 Å². The number of alkyl carbamates (subject to hydrolysis) is 1. The minimum Gasteiger partial charge on any atom is -0.453 e. The highest BCUT2D eigenvalue weighted by molar-refractivity contribution is 6.31. The van der Waals surface area contributed by atoms with Gasteiger partial charge in [0.25, 0.3) is 0 Å². The largest absolute Gasteiger partial charge is 0.453 e. The molecule has 4 nitrogen and oxygen atoms in total. The molecule has 0 saturated carbocycles. The number of hydrogen-bond donors (Lipinski definition) is 1. The second-order valence-corrected chi connectivity index (χ2v) is 3.61. The van der Waals surface area contributed by atoms with Gasteiger partial charge in [0.05, 0.1) is 7.11 Å². The first-order valence-electron chi connectivity index (χ1n) is 4.65. The standard InChI is InChI=1S/C11H12ClNO3/c1-7(14)10(13-11(15)16-2)8-5-3-4-6-9(8)12/h3-6,10H,1-2H3,(H,13,15)/t10-/m0/s1. The van der Waals surface area contributed by atoms with E-state index in [2.05, 4.69) is 10.1 Å². The van der Waals surface area contributed by atoms with Crippen molar-refractivity contribution in [2.75, 3.05) is 7.11 Å². The lowest BCUT2D eigenvalue weighted by Crippen LogP contribution is -2.32. The predicted molar refractivity (Wildman–Crippen MR) is 60.4 cm³/mol. The van der Waals surface area contributed by atoms with E-state index in [1.807, 2.05) is 0 Å². The first-order valence-corrected chi connectivity index (χ1v) is 5.03. The topological polar surface area (TPSA) is 55.4 Å². The summed E-state index contributed by atoms with van der Waals surface area (Å²) in [5.41, 5.74) is 0.557. The molecule has 1 amide bonds. The van der Waals surface area contributed by atoms with Crippen LogP contribution in [0.25, 0.3) is 0 Å². The zero-order valence-electron chi connectivity index (χ0n) is 8.99. The molecule has 86 valence electrons. The molecule has 0 spiro atoms. The summed E-state index contributed by atoms with van der Waals surface area (Å²) in [6, 6.07) is 6.06. The van der Waals surface area contributed by atoms with Gasteiger partial charge in [-0.25, -0.2) is 4.79 Å². The van der Waals surface area contributed by atoms with Gasteiger partial charge in [-0.2, -0.15) is 0 Å². The summed E-state index contributed by atoms with van der Waals surface area (Å²) in [4.78, 5) is 22.5. The van der Waals surface area contributed by atoms with Crippen LogP contribution in [0.5, 0.6) is 0 Å². The van der Waals surface area contributed by atoms with Crippen molar-refractivity contribution in [3.05, 3.63) is 34.9 Å². The minimum atomic E-state index is -0.777. The van der Waals surface area contributed by atoms with Gasteiger partial charge in [0.2, 0.25) is 0 Å². The quantitative estimate of drug-likeness (QED) is 0.884. The predicted octanol–water partition coefficient (Wildman–Crippen LogP) is 2.33. The molecule has 0 unspecified atom stereocenters. The second kappa shape index (κ2) is 5.51. The minimum absolute atomic E-state index is 0.210. The third-order valence-electron chi connectivity index (χ3n) is 2.07. The van der Waals surface area contributed by atoms with Gasteiger partial charge in [0, 0.05) is 10.6 Å². The van der Waals surface area contributed by atoms with Gasteiger partial charge in [-0.05, 0) is 13.0 Å². The van der Waals surface area contributed by atoms with E-state index in [4.69, 9.17) is 11.6 Å². The van der Waals surface area contributed by atoms with Gasteiger partial charge in [-0.15, -0.1) is 0 Å². The van der Waals surface area contributed by atoms with E-state index in [0.717, 1.165) is 0 Å². The van der Waals surface area contributed by atoms with Crippen LogP contribution in [0.1, 0.15) is 18.5 Å². The average molecular weight is 242 g/mol. The zero-order chi connectivity index (χ0) is 12.1. The monoisotopic (exact) mass is 241 g/mol. The van der Waals surface area contributed by atoms with Gasteiger partial charge >= 0.3 is 6.09 Å². The van der Waals surface area contributed by atoms with Crippen LogP contribution in [0, 0.1) is 0 Å². The maximum atomic E-state index is 11.4. The fourth-order valence-electron chi connectivity index (χ4n) is 1.28. The van der Waals surface area contributed by atoms with Gasteiger partial charge in [0.1, 0.15) is 6.04 Å². The molecule has 0 heterocycles. The zero-order valence-corrected chi connectivity index (χ0v) is 9.75. The number of carbonyl (C=O) groups excluding carboxylic acids is 2. The molecule has 0 aliphatic carbocycles. The Labute approximate surface area is 98.5 Å². The smallest absolute Gasteiger partial charge is 0.407 e. The highest BCUT2D eigenvalue weighted by Gasteiger charge is 2.21. The number of rotatable bonds is 3. The van der Waals surface area contributed by atoms with Gasteiger partial charge < -0.3 is 10.1 Å². The van der Waals surface area contributed by atoms with Crippen LogP contribution in [0.2, 0.25) is 5.02 Å². The Kier molecular flexibility index (Phi) is 4.31. The molecule has 0 aromatic heterocycles. The van der Waals surface area contributed by atoms with Crippen LogP contribution < -0.4 is 5.32 Å². The Morgan fingerprint density at radius 2 is 2.00 bits per heavy atom. The van der Waals surface area contributed by atoms with Crippen molar-refractivity contribution in [2.24, 2.45) is 0 Å². The molecule has 1 atom stereocenters. The first kappa shape index (κ1) is 12.5. The molecule has 0 bridgehead atoms. The molecule has 0 aliphatic rings. The number of ether oxygens (including phenoxy) is 1. The summed E-state index contributed by atoms with van der Waals surface area (Å²) in [6.07, 6.45) is -0.667. The maximum absolute atomic E-state index is 11.4. The van der Waals surface area contributed by atoms with Crippen molar-refractivity contribution in [3.8, 4) is 0 Å². The van der Waals surface area contributed by atoms with Crippen molar-refractivity contribution in [1.82, 2.24) is 5.32 Å². The summed E-state index contributed by atoms with van der Waals surface area (Å²) in [6.45, 7) is 1.38. The Morgan fingerprint density at radius 1 is 1.38 bits per heavy atom. The molecule has 0 saturated heterocycles. The number of halogens is 1. The number of Topliss-reactive ketones (excluding diaryl/α,β-unsaturated/α-hetero) is 1. The second-order valence-electron chi connectivity index (χ2n) is 3.20. The summed E-state index contributed by atoms with van der Waals surface area (Å²) < 4.78 is 4.45. The fourth-order valence-corrected chi connectivity index (χ4v) is 1.53. The number of amides is 1. The normalized spacial score (nSPS) is 11.7. The van der Waals surface area contributed by atoms with Crippen LogP contribution in [-0.4, -0.2) is 19.0 Å². The number of ketones is 1. The third kappa shape index (κ3) is 2.97.